The van der Waals surface area contributed by atoms with Crippen molar-refractivity contribution in [2.45, 2.75) is 31.9 Å². The van der Waals surface area contributed by atoms with Crippen molar-refractivity contribution in [1.82, 2.24) is 0 Å². The Balaban J connectivity index is 1.54. The zero-order valence-electron chi connectivity index (χ0n) is 20.1. The number of carbonyl (C=O) groups excluding carboxylic acids is 2. The van der Waals surface area contributed by atoms with E-state index in [0.717, 1.165) is 28.6 Å². The van der Waals surface area contributed by atoms with Gasteiger partial charge in [0.25, 0.3) is 5.91 Å². The molecule has 0 unspecified atom stereocenters. The summed E-state index contributed by atoms with van der Waals surface area (Å²) in [6.07, 6.45) is 1.04. The van der Waals surface area contributed by atoms with Crippen molar-refractivity contribution in [1.29, 1.82) is 0 Å². The molecule has 3 atom stereocenters. The van der Waals surface area contributed by atoms with E-state index in [0.29, 0.717) is 23.8 Å². The first-order chi connectivity index (χ1) is 17.5. The van der Waals surface area contributed by atoms with Gasteiger partial charge in [0, 0.05) is 4.47 Å². The van der Waals surface area contributed by atoms with Crippen LogP contribution in [0.1, 0.15) is 31.4 Å². The molecule has 0 spiro atoms. The summed E-state index contributed by atoms with van der Waals surface area (Å²) in [7, 11) is 1.59. The van der Waals surface area contributed by atoms with E-state index in [1.54, 1.807) is 36.4 Å². The molecule has 0 N–H and O–H groups in total. The predicted octanol–water partition coefficient (Wildman–Crippen LogP) is 5.69. The van der Waals surface area contributed by atoms with Gasteiger partial charge in [-0.15, -0.1) is 0 Å². The Labute approximate surface area is 218 Å². The van der Waals surface area contributed by atoms with Crippen LogP contribution in [0.2, 0.25) is 0 Å². The Hall–Kier alpha value is -3.36. The Kier molecular flexibility index (Phi) is 6.98. The van der Waals surface area contributed by atoms with Gasteiger partial charge in [0.15, 0.2) is 17.6 Å². The first kappa shape index (κ1) is 24.3. The van der Waals surface area contributed by atoms with Gasteiger partial charge in [-0.2, -0.15) is 0 Å². The third-order valence-corrected chi connectivity index (χ3v) is 7.02. The van der Waals surface area contributed by atoms with E-state index in [1.165, 1.54) is 4.90 Å². The molecule has 8 heteroatoms. The minimum atomic E-state index is -0.933. The molecule has 2 heterocycles. The van der Waals surface area contributed by atoms with Crippen LogP contribution in [0.15, 0.2) is 77.3 Å². The zero-order valence-corrected chi connectivity index (χ0v) is 21.7. The summed E-state index contributed by atoms with van der Waals surface area (Å²) in [6.45, 7) is 2.70. The average molecular weight is 551 g/mol. The summed E-state index contributed by atoms with van der Waals surface area (Å²) in [5.41, 5.74) is 2.08. The van der Waals surface area contributed by atoms with Gasteiger partial charge in [-0.1, -0.05) is 53.5 Å². The number of fused-ring (bicyclic) bond motifs is 1. The molecule has 0 aliphatic carbocycles. The van der Waals surface area contributed by atoms with Crippen LogP contribution in [0, 0.1) is 5.92 Å². The maximum absolute atomic E-state index is 13.8. The Morgan fingerprint density at radius 2 is 1.67 bits per heavy atom. The molecule has 2 saturated heterocycles. The molecule has 2 amide bonds. The molecule has 186 valence electrons. The normalized spacial score (nSPS) is 21.1. The molecular weight excluding hydrogens is 524 g/mol. The Bertz CT molecular complexity index is 1250. The number of unbranched alkanes of at least 4 members (excludes halogenated alkanes) is 1. The lowest BCUT2D eigenvalue weighted by atomic mass is 9.90. The number of para-hydroxylation sites is 1. The molecule has 3 aromatic carbocycles. The highest BCUT2D eigenvalue weighted by atomic mass is 79.9. The number of imide groups is 1. The van der Waals surface area contributed by atoms with E-state index < -0.39 is 18.1 Å². The number of hydrogen-bond donors (Lipinski definition) is 0. The van der Waals surface area contributed by atoms with Crippen molar-refractivity contribution >= 4 is 39.1 Å². The number of hydroxylamine groups is 1. The van der Waals surface area contributed by atoms with Crippen LogP contribution in [-0.2, 0) is 14.4 Å². The number of halogens is 1. The quantitative estimate of drug-likeness (QED) is 0.265. The summed E-state index contributed by atoms with van der Waals surface area (Å²) in [4.78, 5) is 34.7. The van der Waals surface area contributed by atoms with Gasteiger partial charge in [0.1, 0.15) is 5.92 Å². The predicted molar refractivity (Wildman–Crippen MR) is 140 cm³/mol. The summed E-state index contributed by atoms with van der Waals surface area (Å²) in [5, 5.41) is 1.68. The van der Waals surface area contributed by atoms with Crippen LogP contribution in [0.5, 0.6) is 11.5 Å². The van der Waals surface area contributed by atoms with Crippen molar-refractivity contribution in [3.63, 3.8) is 0 Å². The molecule has 0 bridgehead atoms. The summed E-state index contributed by atoms with van der Waals surface area (Å²) >= 11 is 3.40. The molecule has 2 aliphatic rings. The molecule has 0 saturated carbocycles. The fourth-order valence-corrected chi connectivity index (χ4v) is 4.98. The monoisotopic (exact) mass is 550 g/mol. The van der Waals surface area contributed by atoms with Gasteiger partial charge in [-0.05, 0) is 60.5 Å². The van der Waals surface area contributed by atoms with Crippen molar-refractivity contribution in [3.05, 3.63) is 82.8 Å². The van der Waals surface area contributed by atoms with Gasteiger partial charge in [-0.25, -0.2) is 9.96 Å². The van der Waals surface area contributed by atoms with Gasteiger partial charge >= 0.3 is 0 Å². The molecule has 2 aliphatic heterocycles. The minimum Gasteiger partial charge on any atom is -0.493 e. The molecule has 0 radical (unpaired) electrons. The maximum atomic E-state index is 13.8. The van der Waals surface area contributed by atoms with E-state index in [1.807, 2.05) is 48.5 Å². The SMILES string of the molecule is CCCCOc1ccc([C@@H]2[C@@H]3C(=O)N(c4ccc(Br)cc4)C(=O)[C@H]3ON2c2ccccc2)cc1OC. The molecule has 36 heavy (non-hydrogen) atoms. The van der Waals surface area contributed by atoms with Crippen molar-refractivity contribution in [2.75, 3.05) is 23.7 Å². The van der Waals surface area contributed by atoms with E-state index in [9.17, 15) is 9.59 Å². The van der Waals surface area contributed by atoms with Gasteiger partial charge in [0.05, 0.1) is 31.1 Å². The number of carbonyl (C=O) groups is 2. The minimum absolute atomic E-state index is 0.294. The van der Waals surface area contributed by atoms with E-state index >= 15 is 0 Å². The molecule has 2 fully saturated rings. The second-order valence-corrected chi connectivity index (χ2v) is 9.67. The smallest absolute Gasteiger partial charge is 0.266 e. The first-order valence-corrected chi connectivity index (χ1v) is 12.8. The lowest BCUT2D eigenvalue weighted by Crippen LogP contribution is -2.37. The van der Waals surface area contributed by atoms with Crippen LogP contribution >= 0.6 is 15.9 Å². The number of benzene rings is 3. The first-order valence-electron chi connectivity index (χ1n) is 12.0. The standard InChI is InChI=1S/C28H27BrN2O5/c1-3-4-16-35-22-15-10-18(17-23(22)34-2)25-24-26(36-31(25)21-8-6-5-7-9-21)28(33)30(27(24)32)20-13-11-19(29)12-14-20/h5-15,17,24-26H,3-4,16H2,1-2H3/t24-,25+,26-/m0/s1. The van der Waals surface area contributed by atoms with E-state index in [2.05, 4.69) is 22.9 Å². The third kappa shape index (κ3) is 4.35. The summed E-state index contributed by atoms with van der Waals surface area (Å²) in [6, 6.07) is 21.7. The molecule has 3 aromatic rings. The average Bonchev–Trinajstić information content (AvgIpc) is 3.41. The Morgan fingerprint density at radius 3 is 2.36 bits per heavy atom. The van der Waals surface area contributed by atoms with Crippen LogP contribution in [0.25, 0.3) is 0 Å². The lowest BCUT2D eigenvalue weighted by Gasteiger charge is -2.29. The van der Waals surface area contributed by atoms with E-state index in [4.69, 9.17) is 14.3 Å². The number of rotatable bonds is 8. The zero-order chi connectivity index (χ0) is 25.2. The fourth-order valence-electron chi connectivity index (χ4n) is 4.71. The number of anilines is 2. The third-order valence-electron chi connectivity index (χ3n) is 6.50. The second kappa shape index (κ2) is 10.3. The molecule has 5 rings (SSSR count). The highest BCUT2D eigenvalue weighted by molar-refractivity contribution is 9.10. The summed E-state index contributed by atoms with van der Waals surface area (Å²) in [5.74, 6) is -0.179. The van der Waals surface area contributed by atoms with Gasteiger partial charge < -0.3 is 9.47 Å². The summed E-state index contributed by atoms with van der Waals surface area (Å²) < 4.78 is 12.4. The number of ether oxygens (including phenoxy) is 2. The van der Waals surface area contributed by atoms with Crippen molar-refractivity contribution in [3.8, 4) is 11.5 Å². The molecule has 0 aromatic heterocycles. The van der Waals surface area contributed by atoms with Crippen LogP contribution in [-0.4, -0.2) is 31.6 Å². The van der Waals surface area contributed by atoms with Crippen LogP contribution in [0.3, 0.4) is 0 Å². The fraction of sp³-hybridized carbons (Fsp3) is 0.286. The number of methoxy groups -OCH3 is 1. The molecular formula is C28H27BrN2O5. The van der Waals surface area contributed by atoms with Crippen molar-refractivity contribution in [2.24, 2.45) is 5.92 Å². The Morgan fingerprint density at radius 1 is 0.917 bits per heavy atom. The number of hydrogen-bond acceptors (Lipinski definition) is 6. The highest BCUT2D eigenvalue weighted by Crippen LogP contribution is 2.48. The van der Waals surface area contributed by atoms with Gasteiger partial charge in [-0.3, -0.25) is 14.4 Å². The molecule has 7 nitrogen and oxygen atoms in total. The van der Waals surface area contributed by atoms with E-state index in [-0.39, 0.29) is 11.8 Å². The second-order valence-electron chi connectivity index (χ2n) is 8.76. The maximum Gasteiger partial charge on any atom is 0.266 e. The lowest BCUT2D eigenvalue weighted by molar-refractivity contribution is -0.126. The topological polar surface area (TPSA) is 68.3 Å². The largest absolute Gasteiger partial charge is 0.493 e. The number of amides is 2. The van der Waals surface area contributed by atoms with Crippen LogP contribution < -0.4 is 19.4 Å². The van der Waals surface area contributed by atoms with Gasteiger partial charge in [0.2, 0.25) is 5.91 Å². The highest BCUT2D eigenvalue weighted by Gasteiger charge is 2.60. The number of nitrogens with zero attached hydrogens (tertiary/aromatic N) is 2. The van der Waals surface area contributed by atoms with Crippen LogP contribution in [0.4, 0.5) is 11.4 Å². The van der Waals surface area contributed by atoms with Crippen molar-refractivity contribution < 1.29 is 23.9 Å².